The van der Waals surface area contributed by atoms with E-state index in [9.17, 15) is 9.18 Å². The summed E-state index contributed by atoms with van der Waals surface area (Å²) in [5, 5.41) is 6.82. The fraction of sp³-hybridized carbons (Fsp3) is 0.353. The molecule has 2 rings (SSSR count). The summed E-state index contributed by atoms with van der Waals surface area (Å²) in [5.74, 6) is 0.208. The number of aryl methyl sites for hydroxylation is 1. The second-order valence-corrected chi connectivity index (χ2v) is 5.93. The fourth-order valence-electron chi connectivity index (χ4n) is 2.29. The van der Waals surface area contributed by atoms with E-state index < -0.39 is 11.9 Å². The van der Waals surface area contributed by atoms with E-state index in [1.807, 2.05) is 16.8 Å². The largest absolute Gasteiger partial charge is 0.493 e. The highest BCUT2D eigenvalue weighted by Crippen LogP contribution is 2.32. The lowest BCUT2D eigenvalue weighted by Crippen LogP contribution is -2.27. The van der Waals surface area contributed by atoms with Crippen LogP contribution < -0.4 is 14.8 Å². The first-order valence-electron chi connectivity index (χ1n) is 7.27. The van der Waals surface area contributed by atoms with Gasteiger partial charge in [0.05, 0.1) is 20.3 Å². The molecule has 1 aromatic heterocycles. The predicted molar refractivity (Wildman–Crippen MR) is 88.7 cm³/mol. The van der Waals surface area contributed by atoms with Gasteiger partial charge >= 0.3 is 0 Å². The molecule has 1 aromatic carbocycles. The Morgan fingerprint density at radius 1 is 1.30 bits per heavy atom. The average molecular weight is 337 g/mol. The van der Waals surface area contributed by atoms with Gasteiger partial charge in [0, 0.05) is 18.1 Å². The van der Waals surface area contributed by atoms with Crippen LogP contribution in [0.5, 0.6) is 11.5 Å². The van der Waals surface area contributed by atoms with Gasteiger partial charge in [-0.3, -0.25) is 4.79 Å². The van der Waals surface area contributed by atoms with Crippen LogP contribution in [0.25, 0.3) is 0 Å². The van der Waals surface area contributed by atoms with E-state index in [2.05, 4.69) is 5.32 Å². The first-order valence-corrected chi connectivity index (χ1v) is 8.21. The Hall–Kier alpha value is -2.08. The van der Waals surface area contributed by atoms with Gasteiger partial charge in [0.15, 0.2) is 11.5 Å². The van der Waals surface area contributed by atoms with Gasteiger partial charge in [0.2, 0.25) is 5.91 Å². The summed E-state index contributed by atoms with van der Waals surface area (Å²) in [6, 6.07) is 4.36. The summed E-state index contributed by atoms with van der Waals surface area (Å²) in [6.45, 7) is 1.74. The maximum Gasteiger partial charge on any atom is 0.220 e. The van der Waals surface area contributed by atoms with Gasteiger partial charge in [0.25, 0.3) is 0 Å². The number of hydrogen-bond donors (Lipinski definition) is 1. The van der Waals surface area contributed by atoms with Crippen LogP contribution in [-0.4, -0.2) is 20.1 Å². The van der Waals surface area contributed by atoms with Crippen molar-refractivity contribution in [1.29, 1.82) is 0 Å². The monoisotopic (exact) mass is 337 g/mol. The number of carbonyl (C=O) groups is 1. The molecule has 0 aliphatic heterocycles. The summed E-state index contributed by atoms with van der Waals surface area (Å²) in [5.41, 5.74) is 1.50. The van der Waals surface area contributed by atoms with Crippen molar-refractivity contribution in [2.45, 2.75) is 25.8 Å². The zero-order chi connectivity index (χ0) is 16.8. The van der Waals surface area contributed by atoms with Crippen LogP contribution in [0.2, 0.25) is 0 Å². The minimum Gasteiger partial charge on any atom is -0.493 e. The molecule has 124 valence electrons. The Balaban J connectivity index is 2.02. The van der Waals surface area contributed by atoms with Crippen LogP contribution in [0.15, 0.2) is 29.0 Å². The van der Waals surface area contributed by atoms with Crippen LogP contribution >= 0.6 is 11.3 Å². The lowest BCUT2D eigenvalue weighted by atomic mass is 10.1. The maximum atomic E-state index is 14.2. The molecule has 1 N–H and O–H groups in total. The van der Waals surface area contributed by atoms with Crippen LogP contribution in [0.1, 0.15) is 30.5 Å². The number of thiophene rings is 1. The number of ether oxygens (including phenoxy) is 2. The molecule has 0 saturated carbocycles. The van der Waals surface area contributed by atoms with Crippen molar-refractivity contribution in [1.82, 2.24) is 5.32 Å². The highest BCUT2D eigenvalue weighted by Gasteiger charge is 2.17. The van der Waals surface area contributed by atoms with Crippen molar-refractivity contribution in [3.63, 3.8) is 0 Å². The third-order valence-corrected chi connectivity index (χ3v) is 4.30. The van der Waals surface area contributed by atoms with E-state index in [-0.39, 0.29) is 5.91 Å². The molecule has 1 unspecified atom stereocenters. The van der Waals surface area contributed by atoms with Gasteiger partial charge in [-0.15, -0.1) is 0 Å². The first-order chi connectivity index (χ1) is 11.0. The van der Waals surface area contributed by atoms with Crippen molar-refractivity contribution in [2.24, 2.45) is 0 Å². The summed E-state index contributed by atoms with van der Waals surface area (Å²) >= 11 is 1.60. The molecule has 6 heteroatoms. The highest BCUT2D eigenvalue weighted by molar-refractivity contribution is 7.07. The molecule has 0 aliphatic carbocycles. The van der Waals surface area contributed by atoms with E-state index in [1.165, 1.54) is 20.3 Å². The Kier molecular flexibility index (Phi) is 5.98. The third kappa shape index (κ3) is 4.45. The number of amides is 1. The highest BCUT2D eigenvalue weighted by atomic mass is 32.1. The molecule has 0 aliphatic rings. The number of rotatable bonds is 7. The van der Waals surface area contributed by atoms with E-state index in [4.69, 9.17) is 9.47 Å². The van der Waals surface area contributed by atoms with Gasteiger partial charge < -0.3 is 14.8 Å². The number of carbonyl (C=O) groups excluding carboxylic acids is 1. The number of hydrogen-bond acceptors (Lipinski definition) is 4. The second kappa shape index (κ2) is 7.97. The van der Waals surface area contributed by atoms with Gasteiger partial charge in [0.1, 0.15) is 5.82 Å². The van der Waals surface area contributed by atoms with Gasteiger partial charge in [-0.2, -0.15) is 11.3 Å². The Labute approximate surface area is 139 Å². The number of benzene rings is 1. The van der Waals surface area contributed by atoms with Gasteiger partial charge in [-0.05, 0) is 41.8 Å². The number of nitrogens with one attached hydrogen (secondary N) is 1. The molecule has 0 radical (unpaired) electrons. The third-order valence-electron chi connectivity index (χ3n) is 3.57. The molecule has 0 saturated heterocycles. The zero-order valence-corrected chi connectivity index (χ0v) is 14.2. The standard InChI is InChI=1S/C17H20FNO3S/c1-11(19-17(20)5-4-12-6-7-23-10-12)13-8-15(21-2)16(22-3)9-14(13)18/h6-11H,4-5H2,1-3H3,(H,19,20). The summed E-state index contributed by atoms with van der Waals surface area (Å²) in [7, 11) is 2.94. The van der Waals surface area contributed by atoms with Crippen LogP contribution in [-0.2, 0) is 11.2 Å². The van der Waals surface area contributed by atoms with Crippen LogP contribution in [0, 0.1) is 5.82 Å². The minimum absolute atomic E-state index is 0.113. The topological polar surface area (TPSA) is 47.6 Å². The summed E-state index contributed by atoms with van der Waals surface area (Å²) in [4.78, 5) is 12.0. The van der Waals surface area contributed by atoms with Crippen molar-refractivity contribution >= 4 is 17.2 Å². The molecule has 4 nitrogen and oxygen atoms in total. The van der Waals surface area contributed by atoms with E-state index >= 15 is 0 Å². The van der Waals surface area contributed by atoms with E-state index in [1.54, 1.807) is 24.3 Å². The molecule has 0 fully saturated rings. The molecule has 0 spiro atoms. The van der Waals surface area contributed by atoms with Crippen molar-refractivity contribution < 1.29 is 18.7 Å². The molecule has 1 heterocycles. The zero-order valence-electron chi connectivity index (χ0n) is 13.4. The van der Waals surface area contributed by atoms with E-state index in [0.717, 1.165) is 5.56 Å². The SMILES string of the molecule is COc1cc(F)c(C(C)NC(=O)CCc2ccsc2)cc1OC. The fourth-order valence-corrected chi connectivity index (χ4v) is 2.99. The molecule has 0 bridgehead atoms. The summed E-state index contributed by atoms with van der Waals surface area (Å²) in [6.07, 6.45) is 1.05. The van der Waals surface area contributed by atoms with Gasteiger partial charge in [-0.25, -0.2) is 4.39 Å². The molecular weight excluding hydrogens is 317 g/mol. The lowest BCUT2D eigenvalue weighted by Gasteiger charge is -2.17. The summed E-state index contributed by atoms with van der Waals surface area (Å²) < 4.78 is 24.4. The van der Waals surface area contributed by atoms with Crippen LogP contribution in [0.3, 0.4) is 0 Å². The average Bonchev–Trinajstić information content (AvgIpc) is 3.05. The molecular formula is C17H20FNO3S. The second-order valence-electron chi connectivity index (χ2n) is 5.15. The first kappa shape index (κ1) is 17.3. The minimum atomic E-state index is -0.454. The number of methoxy groups -OCH3 is 2. The normalized spacial score (nSPS) is 11.8. The molecule has 1 atom stereocenters. The molecule has 1 amide bonds. The Bertz CT molecular complexity index is 658. The van der Waals surface area contributed by atoms with Crippen molar-refractivity contribution in [3.8, 4) is 11.5 Å². The quantitative estimate of drug-likeness (QED) is 0.838. The Morgan fingerprint density at radius 2 is 2.00 bits per heavy atom. The van der Waals surface area contributed by atoms with Crippen molar-refractivity contribution in [3.05, 3.63) is 45.9 Å². The predicted octanol–water partition coefficient (Wildman–Crippen LogP) is 3.71. The molecule has 23 heavy (non-hydrogen) atoms. The maximum absolute atomic E-state index is 14.2. The Morgan fingerprint density at radius 3 is 2.61 bits per heavy atom. The van der Waals surface area contributed by atoms with E-state index in [0.29, 0.717) is 29.9 Å². The number of halogens is 1. The van der Waals surface area contributed by atoms with Crippen LogP contribution in [0.4, 0.5) is 4.39 Å². The lowest BCUT2D eigenvalue weighted by molar-refractivity contribution is -0.121. The smallest absolute Gasteiger partial charge is 0.220 e. The van der Waals surface area contributed by atoms with Crippen molar-refractivity contribution in [2.75, 3.05) is 14.2 Å². The molecule has 2 aromatic rings. The van der Waals surface area contributed by atoms with Gasteiger partial charge in [-0.1, -0.05) is 0 Å².